The fraction of sp³-hybridized carbons (Fsp3) is 0.200. The van der Waals surface area contributed by atoms with E-state index in [-0.39, 0.29) is 23.7 Å². The fourth-order valence-electron chi connectivity index (χ4n) is 2.23. The van der Waals surface area contributed by atoms with Gasteiger partial charge in [0.2, 0.25) is 5.91 Å². The van der Waals surface area contributed by atoms with Crippen molar-refractivity contribution >= 4 is 23.2 Å². The molecule has 2 N–H and O–H groups in total. The van der Waals surface area contributed by atoms with E-state index in [1.54, 1.807) is 12.1 Å². The SMILES string of the molecule is O=C(NNC(=O)[C@H]1C[C@H]1c1ccccc1)c1cccs1. The van der Waals surface area contributed by atoms with Gasteiger partial charge in [0.25, 0.3) is 5.91 Å². The third-order valence-electron chi connectivity index (χ3n) is 3.40. The van der Waals surface area contributed by atoms with Crippen molar-refractivity contribution in [1.29, 1.82) is 0 Å². The quantitative estimate of drug-likeness (QED) is 0.851. The Hall–Kier alpha value is -2.14. The molecule has 2 aromatic rings. The van der Waals surface area contributed by atoms with Crippen molar-refractivity contribution in [2.45, 2.75) is 12.3 Å². The normalized spacial score (nSPS) is 20.2. The summed E-state index contributed by atoms with van der Waals surface area (Å²) in [7, 11) is 0. The first-order chi connectivity index (χ1) is 9.75. The van der Waals surface area contributed by atoms with Crippen LogP contribution < -0.4 is 10.9 Å². The number of amides is 2. The summed E-state index contributed by atoms with van der Waals surface area (Å²) in [5.41, 5.74) is 6.13. The van der Waals surface area contributed by atoms with Gasteiger partial charge < -0.3 is 0 Å². The van der Waals surface area contributed by atoms with Crippen LogP contribution in [0.4, 0.5) is 0 Å². The largest absolute Gasteiger partial charge is 0.279 e. The van der Waals surface area contributed by atoms with Crippen molar-refractivity contribution in [2.75, 3.05) is 0 Å². The van der Waals surface area contributed by atoms with E-state index in [2.05, 4.69) is 10.9 Å². The Kier molecular flexibility index (Phi) is 3.52. The predicted molar refractivity (Wildman–Crippen MR) is 77.2 cm³/mol. The minimum absolute atomic E-state index is 0.0407. The van der Waals surface area contributed by atoms with Gasteiger partial charge in [-0.3, -0.25) is 20.4 Å². The van der Waals surface area contributed by atoms with Crippen LogP contribution in [0.25, 0.3) is 0 Å². The number of hydrogen-bond acceptors (Lipinski definition) is 3. The lowest BCUT2D eigenvalue weighted by molar-refractivity contribution is -0.123. The first-order valence-corrected chi connectivity index (χ1v) is 7.32. The van der Waals surface area contributed by atoms with Crippen LogP contribution in [0.1, 0.15) is 27.6 Å². The van der Waals surface area contributed by atoms with Crippen LogP contribution >= 0.6 is 11.3 Å². The molecule has 0 bridgehead atoms. The number of carbonyl (C=O) groups excluding carboxylic acids is 2. The molecule has 0 aliphatic heterocycles. The van der Waals surface area contributed by atoms with Crippen LogP contribution in [-0.4, -0.2) is 11.8 Å². The monoisotopic (exact) mass is 286 g/mol. The lowest BCUT2D eigenvalue weighted by Gasteiger charge is -2.06. The van der Waals surface area contributed by atoms with Gasteiger partial charge in [-0.05, 0) is 29.3 Å². The molecule has 0 spiro atoms. The number of thiophene rings is 1. The van der Waals surface area contributed by atoms with Crippen LogP contribution in [-0.2, 0) is 4.79 Å². The summed E-state index contributed by atoms with van der Waals surface area (Å²) in [6.07, 6.45) is 0.838. The van der Waals surface area contributed by atoms with Crippen LogP contribution in [0.15, 0.2) is 47.8 Å². The van der Waals surface area contributed by atoms with E-state index in [1.807, 2.05) is 35.7 Å². The van der Waals surface area contributed by atoms with Crippen molar-refractivity contribution in [3.8, 4) is 0 Å². The Balaban J connectivity index is 1.51. The van der Waals surface area contributed by atoms with Gasteiger partial charge in [-0.15, -0.1) is 11.3 Å². The van der Waals surface area contributed by atoms with E-state index in [0.29, 0.717) is 4.88 Å². The molecule has 3 rings (SSSR count). The Morgan fingerprint density at radius 1 is 1.05 bits per heavy atom. The van der Waals surface area contributed by atoms with Gasteiger partial charge in [0.1, 0.15) is 0 Å². The second-order valence-electron chi connectivity index (χ2n) is 4.78. The average Bonchev–Trinajstić information content (AvgIpc) is 3.10. The maximum atomic E-state index is 11.9. The first-order valence-electron chi connectivity index (χ1n) is 6.44. The van der Waals surface area contributed by atoms with E-state index < -0.39 is 0 Å². The molecule has 102 valence electrons. The highest BCUT2D eigenvalue weighted by Crippen LogP contribution is 2.47. The molecular weight excluding hydrogens is 272 g/mol. The summed E-state index contributed by atoms with van der Waals surface area (Å²) in [6, 6.07) is 13.5. The third-order valence-corrected chi connectivity index (χ3v) is 4.27. The number of benzene rings is 1. The first kappa shape index (κ1) is 12.9. The molecule has 5 heteroatoms. The molecule has 4 nitrogen and oxygen atoms in total. The minimum atomic E-state index is -0.273. The zero-order chi connectivity index (χ0) is 13.9. The van der Waals surface area contributed by atoms with Crippen LogP contribution in [0.2, 0.25) is 0 Å². The maximum absolute atomic E-state index is 11.9. The highest BCUT2D eigenvalue weighted by atomic mass is 32.1. The van der Waals surface area contributed by atoms with Crippen molar-refractivity contribution in [2.24, 2.45) is 5.92 Å². The fourth-order valence-corrected chi connectivity index (χ4v) is 2.85. The van der Waals surface area contributed by atoms with Gasteiger partial charge in [-0.25, -0.2) is 0 Å². The Bertz CT molecular complexity index is 610. The lowest BCUT2D eigenvalue weighted by atomic mass is 10.1. The Morgan fingerprint density at radius 3 is 2.55 bits per heavy atom. The Labute approximate surface area is 120 Å². The number of carbonyl (C=O) groups is 2. The molecule has 1 fully saturated rings. The van der Waals surface area contributed by atoms with Crippen LogP contribution in [0, 0.1) is 5.92 Å². The van der Waals surface area contributed by atoms with Crippen molar-refractivity contribution < 1.29 is 9.59 Å². The average molecular weight is 286 g/mol. The molecule has 1 aromatic carbocycles. The van der Waals surface area contributed by atoms with Crippen molar-refractivity contribution in [3.63, 3.8) is 0 Å². The topological polar surface area (TPSA) is 58.2 Å². The van der Waals surface area contributed by atoms with Crippen molar-refractivity contribution in [1.82, 2.24) is 10.9 Å². The van der Waals surface area contributed by atoms with Gasteiger partial charge in [0.15, 0.2) is 0 Å². The van der Waals surface area contributed by atoms with E-state index in [0.717, 1.165) is 6.42 Å². The van der Waals surface area contributed by atoms with Crippen LogP contribution in [0.3, 0.4) is 0 Å². The third kappa shape index (κ3) is 2.72. The summed E-state index contributed by atoms with van der Waals surface area (Å²) < 4.78 is 0. The summed E-state index contributed by atoms with van der Waals surface area (Å²) >= 11 is 1.34. The molecule has 0 radical (unpaired) electrons. The molecule has 2 atom stereocenters. The van der Waals surface area contributed by atoms with Crippen LogP contribution in [0.5, 0.6) is 0 Å². The molecule has 1 aliphatic carbocycles. The molecule has 0 saturated heterocycles. The standard InChI is InChI=1S/C15H14N2O2S/c18-14(16-17-15(19)13-7-4-8-20-13)12-9-11(12)10-5-2-1-3-6-10/h1-8,11-12H,9H2,(H,16,18)(H,17,19)/t11-,12-/m0/s1. The maximum Gasteiger partial charge on any atom is 0.279 e. The number of hydrogen-bond donors (Lipinski definition) is 2. The molecule has 0 unspecified atom stereocenters. The van der Waals surface area contributed by atoms with E-state index >= 15 is 0 Å². The van der Waals surface area contributed by atoms with E-state index in [4.69, 9.17) is 0 Å². The highest BCUT2D eigenvalue weighted by Gasteiger charge is 2.43. The summed E-state index contributed by atoms with van der Waals surface area (Å²) in [6.45, 7) is 0. The van der Waals surface area contributed by atoms with Gasteiger partial charge in [0, 0.05) is 5.92 Å². The summed E-state index contributed by atoms with van der Waals surface area (Å²) in [4.78, 5) is 24.2. The smallest absolute Gasteiger partial charge is 0.273 e. The number of hydrazine groups is 1. The van der Waals surface area contributed by atoms with Gasteiger partial charge in [-0.1, -0.05) is 36.4 Å². The molecular formula is C15H14N2O2S. The van der Waals surface area contributed by atoms with Gasteiger partial charge >= 0.3 is 0 Å². The molecule has 2 amide bonds. The van der Waals surface area contributed by atoms with E-state index in [9.17, 15) is 9.59 Å². The predicted octanol–water partition coefficient (Wildman–Crippen LogP) is 2.31. The van der Waals surface area contributed by atoms with Gasteiger partial charge in [0.05, 0.1) is 4.88 Å². The zero-order valence-corrected chi connectivity index (χ0v) is 11.5. The van der Waals surface area contributed by atoms with E-state index in [1.165, 1.54) is 16.9 Å². The molecule has 1 heterocycles. The number of rotatable bonds is 3. The minimum Gasteiger partial charge on any atom is -0.273 e. The summed E-state index contributed by atoms with van der Waals surface area (Å²) in [5, 5.41) is 1.82. The Morgan fingerprint density at radius 2 is 1.85 bits per heavy atom. The van der Waals surface area contributed by atoms with Crippen molar-refractivity contribution in [3.05, 3.63) is 58.3 Å². The molecule has 20 heavy (non-hydrogen) atoms. The molecule has 1 aliphatic rings. The van der Waals surface area contributed by atoms with Gasteiger partial charge in [-0.2, -0.15) is 0 Å². The molecule has 1 aromatic heterocycles. The number of nitrogens with one attached hydrogen (secondary N) is 2. The zero-order valence-electron chi connectivity index (χ0n) is 10.7. The second kappa shape index (κ2) is 5.46. The highest BCUT2D eigenvalue weighted by molar-refractivity contribution is 7.12. The molecule has 1 saturated carbocycles. The second-order valence-corrected chi connectivity index (χ2v) is 5.73. The summed E-state index contributed by atoms with van der Waals surface area (Å²) in [5.74, 6) is -0.162. The lowest BCUT2D eigenvalue weighted by Crippen LogP contribution is -2.42.